The summed E-state index contributed by atoms with van der Waals surface area (Å²) in [7, 11) is 0. The predicted molar refractivity (Wildman–Crippen MR) is 42.3 cm³/mol. The molecule has 0 saturated carbocycles. The van der Waals surface area contributed by atoms with Crippen molar-refractivity contribution in [2.24, 2.45) is 11.7 Å². The van der Waals surface area contributed by atoms with Crippen LogP contribution in [0.5, 0.6) is 0 Å². The van der Waals surface area contributed by atoms with Gasteiger partial charge in [-0.05, 0) is 25.3 Å². The molecule has 0 atom stereocenters. The van der Waals surface area contributed by atoms with Crippen molar-refractivity contribution in [3.8, 4) is 0 Å². The maximum absolute atomic E-state index is 5.34. The lowest BCUT2D eigenvalue weighted by Crippen LogP contribution is -2.01. The van der Waals surface area contributed by atoms with Gasteiger partial charge in [0.15, 0.2) is 0 Å². The van der Waals surface area contributed by atoms with Gasteiger partial charge in [0.05, 0.1) is 0 Å². The molecule has 9 heavy (non-hydrogen) atoms. The van der Waals surface area contributed by atoms with Gasteiger partial charge in [-0.1, -0.05) is 26.0 Å². The molecule has 0 aliphatic carbocycles. The maximum atomic E-state index is 5.34. The Kier molecular flexibility index (Phi) is 4.41. The largest absolute Gasteiger partial charge is 0.330 e. The van der Waals surface area contributed by atoms with E-state index in [0.29, 0.717) is 0 Å². The molecule has 0 fully saturated rings. The lowest BCUT2D eigenvalue weighted by Gasteiger charge is -2.05. The molecule has 0 aromatic rings. The average molecular weight is 127 g/mol. The summed E-state index contributed by atoms with van der Waals surface area (Å²) in [5.74, 6) is 0.726. The van der Waals surface area contributed by atoms with E-state index in [0.717, 1.165) is 25.3 Å². The van der Waals surface area contributed by atoms with Gasteiger partial charge < -0.3 is 5.73 Å². The first-order valence-corrected chi connectivity index (χ1v) is 3.53. The molecule has 0 radical (unpaired) electrons. The second kappa shape index (κ2) is 4.57. The second-order valence-electron chi connectivity index (χ2n) is 2.89. The van der Waals surface area contributed by atoms with Crippen molar-refractivity contribution in [2.45, 2.75) is 26.7 Å². The van der Waals surface area contributed by atoms with Gasteiger partial charge in [-0.2, -0.15) is 0 Å². The van der Waals surface area contributed by atoms with E-state index >= 15 is 0 Å². The smallest absolute Gasteiger partial charge is 0.00400 e. The highest BCUT2D eigenvalue weighted by Gasteiger charge is 1.95. The Morgan fingerprint density at radius 3 is 2.44 bits per heavy atom. The molecule has 0 bridgehead atoms. The van der Waals surface area contributed by atoms with Gasteiger partial charge in [0.1, 0.15) is 0 Å². The van der Waals surface area contributed by atoms with Gasteiger partial charge in [0.2, 0.25) is 0 Å². The Morgan fingerprint density at radius 2 is 2.11 bits per heavy atom. The zero-order valence-corrected chi connectivity index (χ0v) is 6.48. The van der Waals surface area contributed by atoms with Crippen LogP contribution in [0.3, 0.4) is 0 Å². The van der Waals surface area contributed by atoms with E-state index in [2.05, 4.69) is 20.4 Å². The summed E-state index contributed by atoms with van der Waals surface area (Å²) < 4.78 is 0. The predicted octanol–water partition coefficient (Wildman–Crippen LogP) is 1.94. The van der Waals surface area contributed by atoms with Crippen molar-refractivity contribution in [2.75, 3.05) is 6.54 Å². The summed E-state index contributed by atoms with van der Waals surface area (Å²) in [6, 6.07) is 0. The molecule has 2 N–H and O–H groups in total. The van der Waals surface area contributed by atoms with Crippen LogP contribution in [0.4, 0.5) is 0 Å². The van der Waals surface area contributed by atoms with Gasteiger partial charge in [0.25, 0.3) is 0 Å². The van der Waals surface area contributed by atoms with Gasteiger partial charge >= 0.3 is 0 Å². The summed E-state index contributed by atoms with van der Waals surface area (Å²) >= 11 is 0. The van der Waals surface area contributed by atoms with Crippen molar-refractivity contribution in [3.05, 3.63) is 12.2 Å². The van der Waals surface area contributed by atoms with Crippen molar-refractivity contribution in [1.82, 2.24) is 0 Å². The van der Waals surface area contributed by atoms with Crippen LogP contribution < -0.4 is 5.73 Å². The quantitative estimate of drug-likeness (QED) is 0.574. The molecule has 0 unspecified atom stereocenters. The highest BCUT2D eigenvalue weighted by Crippen LogP contribution is 2.10. The van der Waals surface area contributed by atoms with Gasteiger partial charge in [-0.25, -0.2) is 0 Å². The molecular formula is C8H17N. The standard InChI is InChI=1S/C8H17N/c1-7(2)6-8(3)4-5-9/h7H,3-6,9H2,1-2H3. The molecule has 0 saturated heterocycles. The fourth-order valence-corrected chi connectivity index (χ4v) is 0.884. The summed E-state index contributed by atoms with van der Waals surface area (Å²) in [5, 5.41) is 0. The summed E-state index contributed by atoms with van der Waals surface area (Å²) in [4.78, 5) is 0. The molecule has 0 spiro atoms. The number of nitrogens with two attached hydrogens (primary N) is 1. The van der Waals surface area contributed by atoms with Crippen molar-refractivity contribution in [3.63, 3.8) is 0 Å². The Bertz CT molecular complexity index is 84.6. The Morgan fingerprint density at radius 1 is 1.56 bits per heavy atom. The van der Waals surface area contributed by atoms with Crippen LogP contribution >= 0.6 is 0 Å². The zero-order valence-electron chi connectivity index (χ0n) is 6.48. The summed E-state index contributed by atoms with van der Waals surface area (Å²) in [6.45, 7) is 9.04. The fraction of sp³-hybridized carbons (Fsp3) is 0.750. The minimum absolute atomic E-state index is 0.726. The molecule has 0 aromatic carbocycles. The third kappa shape index (κ3) is 5.57. The molecule has 0 aliphatic rings. The molecule has 0 aliphatic heterocycles. The van der Waals surface area contributed by atoms with Crippen LogP contribution in [0.25, 0.3) is 0 Å². The highest BCUT2D eigenvalue weighted by molar-refractivity contribution is 4.94. The molecule has 1 nitrogen and oxygen atoms in total. The van der Waals surface area contributed by atoms with Crippen LogP contribution in [0.15, 0.2) is 12.2 Å². The molecule has 0 rings (SSSR count). The fourth-order valence-electron chi connectivity index (χ4n) is 0.884. The van der Waals surface area contributed by atoms with E-state index in [1.165, 1.54) is 5.57 Å². The van der Waals surface area contributed by atoms with Gasteiger partial charge in [-0.15, -0.1) is 0 Å². The lowest BCUT2D eigenvalue weighted by atomic mass is 10.0. The highest BCUT2D eigenvalue weighted by atomic mass is 14.5. The number of hydrogen-bond donors (Lipinski definition) is 1. The van der Waals surface area contributed by atoms with Crippen LogP contribution in [0.2, 0.25) is 0 Å². The van der Waals surface area contributed by atoms with E-state index < -0.39 is 0 Å². The third-order valence-corrected chi connectivity index (χ3v) is 1.19. The van der Waals surface area contributed by atoms with Crippen molar-refractivity contribution < 1.29 is 0 Å². The molecule has 54 valence electrons. The monoisotopic (exact) mass is 127 g/mol. The Labute approximate surface area is 57.9 Å². The topological polar surface area (TPSA) is 26.0 Å². The van der Waals surface area contributed by atoms with Crippen LogP contribution in [0.1, 0.15) is 26.7 Å². The van der Waals surface area contributed by atoms with Crippen LogP contribution in [0, 0.1) is 5.92 Å². The molecule has 0 amide bonds. The van der Waals surface area contributed by atoms with Crippen LogP contribution in [-0.2, 0) is 0 Å². The lowest BCUT2D eigenvalue weighted by molar-refractivity contribution is 0.627. The SMILES string of the molecule is C=C(CCN)CC(C)C. The Hall–Kier alpha value is -0.300. The normalized spacial score (nSPS) is 10.2. The summed E-state index contributed by atoms with van der Waals surface area (Å²) in [5.41, 5.74) is 6.63. The minimum atomic E-state index is 0.726. The minimum Gasteiger partial charge on any atom is -0.330 e. The first-order valence-electron chi connectivity index (χ1n) is 3.53. The zero-order chi connectivity index (χ0) is 7.28. The number of hydrogen-bond acceptors (Lipinski definition) is 1. The van der Waals surface area contributed by atoms with E-state index in [1.807, 2.05) is 0 Å². The van der Waals surface area contributed by atoms with Crippen molar-refractivity contribution >= 4 is 0 Å². The van der Waals surface area contributed by atoms with E-state index in [1.54, 1.807) is 0 Å². The molecular weight excluding hydrogens is 110 g/mol. The van der Waals surface area contributed by atoms with E-state index in [-0.39, 0.29) is 0 Å². The molecule has 0 heterocycles. The van der Waals surface area contributed by atoms with E-state index in [9.17, 15) is 0 Å². The summed E-state index contributed by atoms with van der Waals surface area (Å²) in [6.07, 6.45) is 2.11. The first-order chi connectivity index (χ1) is 4.16. The molecule has 1 heteroatoms. The van der Waals surface area contributed by atoms with Crippen LogP contribution in [-0.4, -0.2) is 6.54 Å². The van der Waals surface area contributed by atoms with Gasteiger partial charge in [-0.3, -0.25) is 0 Å². The maximum Gasteiger partial charge on any atom is -0.00400 e. The Balaban J connectivity index is 3.27. The molecule has 0 aromatic heterocycles. The average Bonchev–Trinajstić information content (AvgIpc) is 1.63. The first kappa shape index (κ1) is 8.70. The van der Waals surface area contributed by atoms with E-state index in [4.69, 9.17) is 5.73 Å². The van der Waals surface area contributed by atoms with Crippen molar-refractivity contribution in [1.29, 1.82) is 0 Å². The number of rotatable bonds is 4. The van der Waals surface area contributed by atoms with Gasteiger partial charge in [0, 0.05) is 0 Å². The third-order valence-electron chi connectivity index (χ3n) is 1.19. The second-order valence-corrected chi connectivity index (χ2v) is 2.89.